The van der Waals surface area contributed by atoms with Crippen LogP contribution in [0.15, 0.2) is 23.4 Å². The first-order chi connectivity index (χ1) is 8.79. The zero-order valence-corrected chi connectivity index (χ0v) is 12.9. The molecule has 110 valence electrons. The molecule has 1 rings (SSSR count). The van der Waals surface area contributed by atoms with Crippen molar-refractivity contribution in [1.82, 2.24) is 0 Å². The summed E-state index contributed by atoms with van der Waals surface area (Å²) in [5, 5.41) is 0. The molecule has 0 aliphatic rings. The lowest BCUT2D eigenvalue weighted by atomic mass is 10.2. The van der Waals surface area contributed by atoms with Crippen molar-refractivity contribution in [2.45, 2.75) is 34.6 Å². The van der Waals surface area contributed by atoms with E-state index in [1.165, 1.54) is 6.92 Å². The van der Waals surface area contributed by atoms with Crippen molar-refractivity contribution in [2.75, 3.05) is 5.75 Å². The number of nitrogens with two attached hydrogens (primary N) is 1. The van der Waals surface area contributed by atoms with Crippen molar-refractivity contribution in [2.24, 2.45) is 5.73 Å². The van der Waals surface area contributed by atoms with Gasteiger partial charge in [-0.05, 0) is 32.4 Å². The number of hydrogen-bond donors (Lipinski definition) is 2. The van der Waals surface area contributed by atoms with Crippen LogP contribution >= 0.6 is 12.6 Å². The molecule has 0 radical (unpaired) electrons. The van der Waals surface area contributed by atoms with Crippen LogP contribution < -0.4 is 5.73 Å². The third kappa shape index (κ3) is 8.59. The normalized spacial score (nSPS) is 8.68. The molecular weight excluding hydrogens is 271 g/mol. The van der Waals surface area contributed by atoms with Crippen LogP contribution in [0.25, 0.3) is 0 Å². The molecule has 0 saturated carbocycles. The Labute approximate surface area is 119 Å². The Hall–Kier alpha value is -1.10. The molecule has 19 heavy (non-hydrogen) atoms. The molecule has 0 saturated heterocycles. The molecule has 0 fully saturated rings. The van der Waals surface area contributed by atoms with E-state index in [0.717, 1.165) is 17.3 Å². The fraction of sp³-hybridized carbons (Fsp3) is 0.429. The molecule has 5 heteroatoms. The lowest BCUT2D eigenvalue weighted by molar-refractivity contribution is 0.492. The van der Waals surface area contributed by atoms with E-state index in [1.54, 1.807) is 0 Å². The lowest BCUT2D eigenvalue weighted by Gasteiger charge is -1.95. The van der Waals surface area contributed by atoms with Gasteiger partial charge < -0.3 is 5.73 Å². The summed E-state index contributed by atoms with van der Waals surface area (Å²) >= 11 is 3.97. The maximum absolute atomic E-state index is 12.4. The van der Waals surface area contributed by atoms with Gasteiger partial charge in [-0.15, -0.1) is 0 Å². The van der Waals surface area contributed by atoms with E-state index in [-0.39, 0.29) is 5.56 Å². The van der Waals surface area contributed by atoms with Gasteiger partial charge in [0, 0.05) is 17.5 Å². The van der Waals surface area contributed by atoms with E-state index < -0.39 is 17.5 Å². The Bertz CT molecular complexity index is 363. The van der Waals surface area contributed by atoms with Crippen molar-refractivity contribution < 1.29 is 13.2 Å². The van der Waals surface area contributed by atoms with E-state index in [4.69, 9.17) is 5.73 Å². The maximum Gasteiger partial charge on any atom is 0.161 e. The number of thiol groups is 1. The Balaban J connectivity index is 0. The molecule has 0 aliphatic heterocycles. The van der Waals surface area contributed by atoms with Gasteiger partial charge in [0.25, 0.3) is 0 Å². The van der Waals surface area contributed by atoms with Crippen LogP contribution in [0, 0.1) is 24.4 Å². The van der Waals surface area contributed by atoms with Crippen molar-refractivity contribution in [3.05, 3.63) is 46.4 Å². The van der Waals surface area contributed by atoms with Crippen LogP contribution in [0.5, 0.6) is 0 Å². The van der Waals surface area contributed by atoms with Gasteiger partial charge in [-0.3, -0.25) is 0 Å². The number of hydrogen-bond acceptors (Lipinski definition) is 2. The summed E-state index contributed by atoms with van der Waals surface area (Å²) in [5.74, 6) is -2.22. The molecular formula is C14H22F3NS. The summed E-state index contributed by atoms with van der Waals surface area (Å²) in [7, 11) is 0. The smallest absolute Gasteiger partial charge is 0.161 e. The number of benzene rings is 1. The van der Waals surface area contributed by atoms with Crippen LogP contribution in [-0.2, 0) is 0 Å². The predicted molar refractivity (Wildman–Crippen MR) is 78.8 cm³/mol. The summed E-state index contributed by atoms with van der Waals surface area (Å²) in [6, 6.07) is 1.36. The average molecular weight is 293 g/mol. The van der Waals surface area contributed by atoms with E-state index in [9.17, 15) is 13.2 Å². The third-order valence-electron chi connectivity index (χ3n) is 2.01. The second kappa shape index (κ2) is 10.8. The molecule has 0 amide bonds. The first kappa shape index (κ1) is 20.2. The van der Waals surface area contributed by atoms with Crippen LogP contribution in [0.2, 0.25) is 0 Å². The van der Waals surface area contributed by atoms with Crippen LogP contribution in [0.4, 0.5) is 13.2 Å². The summed E-state index contributed by atoms with van der Waals surface area (Å²) < 4.78 is 36.7. The number of aryl methyl sites for hydroxylation is 1. The lowest BCUT2D eigenvalue weighted by Crippen LogP contribution is -1.99. The minimum atomic E-state index is -1.15. The Morgan fingerprint density at radius 3 is 1.74 bits per heavy atom. The van der Waals surface area contributed by atoms with Crippen molar-refractivity contribution in [3.8, 4) is 0 Å². The maximum atomic E-state index is 12.4. The molecule has 2 N–H and O–H groups in total. The summed E-state index contributed by atoms with van der Waals surface area (Å²) in [4.78, 5) is 0. The van der Waals surface area contributed by atoms with Gasteiger partial charge >= 0.3 is 0 Å². The summed E-state index contributed by atoms with van der Waals surface area (Å²) in [6.07, 6.45) is 0. The van der Waals surface area contributed by atoms with E-state index >= 15 is 0 Å². The van der Waals surface area contributed by atoms with Gasteiger partial charge in [0.1, 0.15) is 5.82 Å². The molecule has 0 heterocycles. The van der Waals surface area contributed by atoms with Crippen molar-refractivity contribution >= 4 is 12.6 Å². The van der Waals surface area contributed by atoms with E-state index in [0.29, 0.717) is 11.8 Å². The van der Waals surface area contributed by atoms with Crippen LogP contribution in [0.3, 0.4) is 0 Å². The fourth-order valence-corrected chi connectivity index (χ4v) is 1.10. The SMILES string of the molecule is CC.CC(C)=C(N)CS.Cc1cc(F)c(F)cc1F. The quantitative estimate of drug-likeness (QED) is 0.574. The molecule has 1 aromatic carbocycles. The second-order valence-electron chi connectivity index (χ2n) is 3.70. The molecule has 0 bridgehead atoms. The highest BCUT2D eigenvalue weighted by Gasteiger charge is 2.04. The zero-order chi connectivity index (χ0) is 15.6. The molecule has 1 nitrogen and oxygen atoms in total. The minimum Gasteiger partial charge on any atom is -0.401 e. The highest BCUT2D eigenvalue weighted by molar-refractivity contribution is 7.80. The van der Waals surface area contributed by atoms with Crippen molar-refractivity contribution in [1.29, 1.82) is 0 Å². The first-order valence-corrected chi connectivity index (χ1v) is 6.56. The largest absolute Gasteiger partial charge is 0.401 e. The van der Waals surface area contributed by atoms with Gasteiger partial charge in [-0.2, -0.15) is 12.6 Å². The topological polar surface area (TPSA) is 26.0 Å². The summed E-state index contributed by atoms with van der Waals surface area (Å²) in [5.41, 5.74) is 7.57. The Kier molecular flexibility index (Phi) is 11.5. The fourth-order valence-electron chi connectivity index (χ4n) is 0.780. The van der Waals surface area contributed by atoms with Gasteiger partial charge in [0.15, 0.2) is 11.6 Å². The minimum absolute atomic E-state index is 0.110. The number of rotatable bonds is 1. The monoisotopic (exact) mass is 293 g/mol. The number of halogens is 3. The van der Waals surface area contributed by atoms with Gasteiger partial charge in [0.05, 0.1) is 0 Å². The Morgan fingerprint density at radius 2 is 1.47 bits per heavy atom. The third-order valence-corrected chi connectivity index (χ3v) is 2.35. The number of allylic oxidation sites excluding steroid dienone is 1. The first-order valence-electron chi connectivity index (χ1n) is 5.93. The highest BCUT2D eigenvalue weighted by Crippen LogP contribution is 2.11. The van der Waals surface area contributed by atoms with Gasteiger partial charge in [0.2, 0.25) is 0 Å². The van der Waals surface area contributed by atoms with Crippen LogP contribution in [-0.4, -0.2) is 5.75 Å². The molecule has 0 aliphatic carbocycles. The second-order valence-corrected chi connectivity index (χ2v) is 4.02. The standard InChI is InChI=1S/C7H5F3.C5H11NS.C2H6/c1-4-2-6(9)7(10)3-5(4)8;1-4(2)5(6)3-7;1-2/h2-3H,1H3;7H,3,6H2,1-2H3;1-2H3. The molecule has 0 spiro atoms. The predicted octanol–water partition coefficient (Wildman–Crippen LogP) is 4.61. The Morgan fingerprint density at radius 1 is 1.05 bits per heavy atom. The molecule has 0 aromatic heterocycles. The van der Waals surface area contributed by atoms with Gasteiger partial charge in [-0.25, -0.2) is 13.2 Å². The molecule has 0 atom stereocenters. The zero-order valence-electron chi connectivity index (χ0n) is 12.0. The average Bonchev–Trinajstić information content (AvgIpc) is 2.38. The van der Waals surface area contributed by atoms with Gasteiger partial charge in [-0.1, -0.05) is 19.4 Å². The van der Waals surface area contributed by atoms with E-state index in [1.807, 2.05) is 27.7 Å². The summed E-state index contributed by atoms with van der Waals surface area (Å²) in [6.45, 7) is 9.33. The van der Waals surface area contributed by atoms with E-state index in [2.05, 4.69) is 12.6 Å². The van der Waals surface area contributed by atoms with Crippen molar-refractivity contribution in [3.63, 3.8) is 0 Å². The van der Waals surface area contributed by atoms with Crippen LogP contribution in [0.1, 0.15) is 33.3 Å². The highest BCUT2D eigenvalue weighted by atomic mass is 32.1. The molecule has 1 aromatic rings. The molecule has 0 unspecified atom stereocenters.